The van der Waals surface area contributed by atoms with Gasteiger partial charge in [-0.25, -0.2) is 0 Å². The lowest BCUT2D eigenvalue weighted by atomic mass is 10.1. The summed E-state index contributed by atoms with van der Waals surface area (Å²) in [6, 6.07) is 4.31. The number of nitrogens with zero attached hydrogens (tertiary/aromatic N) is 4. The molecular formula is C54H94N8O19. The number of nitrogens with two attached hydrogens (primary N) is 1. The van der Waals surface area contributed by atoms with Gasteiger partial charge in [-0.1, -0.05) is 12.1 Å². The molecule has 0 aromatic heterocycles. The number of likely N-dealkylation sites (N-methyl/N-ethyl adjacent to an activating group) is 1. The van der Waals surface area contributed by atoms with E-state index in [0.29, 0.717) is 91.4 Å². The largest absolute Gasteiger partial charge is 0.382 e. The number of Topliss-reactive ketones (excluding diaryl/α,β-unsaturated/α-hetero) is 2. The molecule has 0 saturated carbocycles. The summed E-state index contributed by atoms with van der Waals surface area (Å²) in [4.78, 5) is 101. The second-order valence-electron chi connectivity index (χ2n) is 18.5. The predicted octanol–water partition coefficient (Wildman–Crippen LogP) is -1.97. The Bertz CT molecular complexity index is 1790. The van der Waals surface area contributed by atoms with Crippen molar-refractivity contribution in [3.05, 3.63) is 29.8 Å². The van der Waals surface area contributed by atoms with Crippen LogP contribution in [0.5, 0.6) is 0 Å². The first-order chi connectivity index (χ1) is 39.3. The highest BCUT2D eigenvalue weighted by Gasteiger charge is 2.37. The van der Waals surface area contributed by atoms with Crippen molar-refractivity contribution in [3.63, 3.8) is 0 Å². The number of hydrogen-bond acceptors (Lipinski definition) is 22. The van der Waals surface area contributed by atoms with Gasteiger partial charge < -0.3 is 92.8 Å². The third-order valence-corrected chi connectivity index (χ3v) is 12.6. The highest BCUT2D eigenvalue weighted by atomic mass is 16.6. The van der Waals surface area contributed by atoms with Gasteiger partial charge in [0.2, 0.25) is 29.5 Å². The van der Waals surface area contributed by atoms with Crippen LogP contribution in [-0.4, -0.2) is 305 Å². The number of primary amides is 1. The first-order valence-corrected chi connectivity index (χ1v) is 27.6. The summed E-state index contributed by atoms with van der Waals surface area (Å²) < 4.78 is 65.2. The van der Waals surface area contributed by atoms with E-state index in [2.05, 4.69) is 16.0 Å². The lowest BCUT2D eigenvalue weighted by molar-refractivity contribution is -0.146. The van der Waals surface area contributed by atoms with E-state index in [4.69, 9.17) is 62.6 Å². The molecule has 1 aromatic rings. The average molecular weight is 1160 g/mol. The summed E-state index contributed by atoms with van der Waals surface area (Å²) >= 11 is 0. The van der Waals surface area contributed by atoms with Crippen molar-refractivity contribution in [1.29, 1.82) is 0 Å². The van der Waals surface area contributed by atoms with E-state index in [1.807, 2.05) is 0 Å². The van der Waals surface area contributed by atoms with Gasteiger partial charge in [-0.3, -0.25) is 38.9 Å². The Balaban J connectivity index is 2.26. The number of ketones is 2. The van der Waals surface area contributed by atoms with Gasteiger partial charge in [0, 0.05) is 73.3 Å². The fourth-order valence-electron chi connectivity index (χ4n) is 7.79. The van der Waals surface area contributed by atoms with E-state index in [1.54, 1.807) is 59.6 Å². The molecule has 0 bridgehead atoms. The molecule has 1 aliphatic heterocycles. The van der Waals surface area contributed by atoms with Gasteiger partial charge in [0.25, 0.3) is 0 Å². The Labute approximate surface area is 477 Å². The van der Waals surface area contributed by atoms with Crippen molar-refractivity contribution in [2.75, 3.05) is 232 Å². The molecule has 5 amide bonds. The molecule has 1 aromatic carbocycles. The van der Waals surface area contributed by atoms with Crippen LogP contribution in [0, 0.1) is 0 Å². The quantitative estimate of drug-likeness (QED) is 0.0514. The maximum Gasteiger partial charge on any atom is 0.242 e. The lowest BCUT2D eigenvalue weighted by Crippen LogP contribution is -2.52. The highest BCUT2D eigenvalue weighted by Crippen LogP contribution is 2.17. The highest BCUT2D eigenvalue weighted by molar-refractivity contribution is 5.96. The zero-order chi connectivity index (χ0) is 59.3. The molecule has 0 spiro atoms. The van der Waals surface area contributed by atoms with Crippen LogP contribution in [0.3, 0.4) is 0 Å². The number of benzene rings is 1. The minimum absolute atomic E-state index is 0.0556. The van der Waals surface area contributed by atoms with E-state index >= 15 is 0 Å². The van der Waals surface area contributed by atoms with Crippen molar-refractivity contribution < 1.29 is 90.4 Å². The van der Waals surface area contributed by atoms with E-state index in [9.17, 15) is 33.6 Å². The van der Waals surface area contributed by atoms with Gasteiger partial charge in [-0.15, -0.1) is 0 Å². The van der Waals surface area contributed by atoms with Crippen LogP contribution in [0.2, 0.25) is 0 Å². The number of rotatable bonds is 54. The number of methoxy groups -OCH3 is 4. The minimum Gasteiger partial charge on any atom is -0.382 e. The maximum absolute atomic E-state index is 14.5. The number of carbonyl (C=O) groups is 7. The summed E-state index contributed by atoms with van der Waals surface area (Å²) in [5.41, 5.74) is 6.67. The molecule has 3 atom stereocenters. The molecule has 81 heavy (non-hydrogen) atoms. The third-order valence-electron chi connectivity index (χ3n) is 12.6. The van der Waals surface area contributed by atoms with Crippen molar-refractivity contribution in [3.8, 4) is 0 Å². The standard InChI is InChI=1S/C54H94N8O19/c1-43(48(63)39-57-45-9-7-44(8-10-45)37-50(55)65)62-12-11-46(54(62)69)58-40-49(64)47(56-2)38-51(66)61(41-52(67)59(13-17-74-29-33-78-25-21-70-3)14-18-75-30-34-79-26-22-71-4)42-53(68)60(15-19-76-31-35-80-27-23-72-5)16-20-77-32-36-81-28-24-73-6/h7-10,43,46-47,56-58H,11-42H2,1-6H3,(H2,55,65)/t43-,46?,47-/m0/s1. The van der Waals surface area contributed by atoms with Crippen LogP contribution in [0.1, 0.15) is 25.3 Å². The molecule has 0 radical (unpaired) electrons. The number of amides is 5. The molecular weight excluding hydrogens is 1060 g/mol. The second-order valence-corrected chi connectivity index (χ2v) is 18.5. The van der Waals surface area contributed by atoms with Crippen LogP contribution >= 0.6 is 0 Å². The molecule has 0 aliphatic carbocycles. The Hall–Kier alpha value is -4.85. The Kier molecular flexibility index (Phi) is 41.6. The zero-order valence-electron chi connectivity index (χ0n) is 48.8. The fraction of sp³-hybridized carbons (Fsp3) is 0.759. The number of ether oxygens (including phenoxy) is 12. The zero-order valence-corrected chi connectivity index (χ0v) is 48.8. The number of carbonyl (C=O) groups excluding carboxylic acids is 7. The van der Waals surface area contributed by atoms with Crippen molar-refractivity contribution in [2.24, 2.45) is 5.73 Å². The van der Waals surface area contributed by atoms with Crippen LogP contribution in [-0.2, 0) is 96.8 Å². The van der Waals surface area contributed by atoms with Gasteiger partial charge in [-0.05, 0) is 38.1 Å². The number of hydrogen-bond donors (Lipinski definition) is 4. The fourth-order valence-corrected chi connectivity index (χ4v) is 7.79. The molecule has 27 heteroatoms. The first-order valence-electron chi connectivity index (χ1n) is 27.6. The number of anilines is 1. The van der Waals surface area contributed by atoms with Gasteiger partial charge in [-0.2, -0.15) is 0 Å². The molecule has 27 nitrogen and oxygen atoms in total. The first kappa shape index (κ1) is 72.3. The van der Waals surface area contributed by atoms with Crippen LogP contribution in [0.25, 0.3) is 0 Å². The summed E-state index contributed by atoms with van der Waals surface area (Å²) in [6.07, 6.45) is -0.0178. The van der Waals surface area contributed by atoms with Crippen LogP contribution in [0.15, 0.2) is 24.3 Å². The Morgan fingerprint density at radius 2 is 0.951 bits per heavy atom. The summed E-state index contributed by atoms with van der Waals surface area (Å²) in [5, 5.41) is 8.97. The minimum atomic E-state index is -1.09. The van der Waals surface area contributed by atoms with E-state index in [-0.39, 0.29) is 117 Å². The van der Waals surface area contributed by atoms with Gasteiger partial charge in [0.1, 0.15) is 13.1 Å². The Morgan fingerprint density at radius 3 is 1.33 bits per heavy atom. The van der Waals surface area contributed by atoms with Crippen molar-refractivity contribution >= 4 is 46.8 Å². The molecule has 1 saturated heterocycles. The van der Waals surface area contributed by atoms with Crippen molar-refractivity contribution in [1.82, 2.24) is 30.2 Å². The third kappa shape index (κ3) is 33.1. The topological polar surface area (TPSA) is 305 Å². The van der Waals surface area contributed by atoms with E-state index in [1.165, 1.54) is 21.7 Å². The SMILES string of the molecule is CN[C@@H](CC(=O)N(CC(=O)N(CCOCCOCCOC)CCOCCOCCOC)CC(=O)N(CCOCCOCCOC)CCOCCOCCOC)C(=O)CNC1CCN([C@@H](C)C(=O)CNc2ccc(CC(N)=O)cc2)C1=O. The van der Waals surface area contributed by atoms with E-state index < -0.39 is 67.0 Å². The number of likely N-dealkylation sites (tertiary alicyclic amines) is 1. The summed E-state index contributed by atoms with van der Waals surface area (Å²) in [7, 11) is 7.81. The number of nitrogens with one attached hydrogen (secondary N) is 3. The van der Waals surface area contributed by atoms with Gasteiger partial charge in [0.15, 0.2) is 11.6 Å². The van der Waals surface area contributed by atoms with Crippen LogP contribution < -0.4 is 21.7 Å². The predicted molar refractivity (Wildman–Crippen MR) is 297 cm³/mol. The van der Waals surface area contributed by atoms with Gasteiger partial charge >= 0.3 is 0 Å². The smallest absolute Gasteiger partial charge is 0.242 e. The maximum atomic E-state index is 14.5. The summed E-state index contributed by atoms with van der Waals surface area (Å²) in [5.74, 6) is -3.17. The molecule has 464 valence electrons. The molecule has 1 unspecified atom stereocenters. The second kappa shape index (κ2) is 46.6. The van der Waals surface area contributed by atoms with Crippen molar-refractivity contribution in [2.45, 2.75) is 44.3 Å². The average Bonchev–Trinajstić information content (AvgIpc) is 3.85. The molecule has 5 N–H and O–H groups in total. The summed E-state index contributed by atoms with van der Waals surface area (Å²) in [6.45, 7) is 6.98. The lowest BCUT2D eigenvalue weighted by Gasteiger charge is -2.30. The Morgan fingerprint density at radius 1 is 0.556 bits per heavy atom. The normalized spacial score (nSPS) is 14.0. The van der Waals surface area contributed by atoms with Gasteiger partial charge in [0.05, 0.1) is 170 Å². The monoisotopic (exact) mass is 1160 g/mol. The van der Waals surface area contributed by atoms with Crippen LogP contribution in [0.4, 0.5) is 5.69 Å². The van der Waals surface area contributed by atoms with E-state index in [0.717, 1.165) is 10.5 Å². The molecule has 2 rings (SSSR count). The molecule has 1 aliphatic rings. The molecule has 1 fully saturated rings. The molecule has 1 heterocycles.